The molecule has 0 saturated heterocycles. The minimum Gasteiger partial charge on any atom is -0.464 e. The molecule has 0 aliphatic heterocycles. The van der Waals surface area contributed by atoms with Crippen LogP contribution in [0.4, 0.5) is 17.6 Å². The van der Waals surface area contributed by atoms with Crippen molar-refractivity contribution in [3.8, 4) is 11.4 Å². The number of rotatable bonds is 4. The summed E-state index contributed by atoms with van der Waals surface area (Å²) in [5.41, 5.74) is -1.45. The van der Waals surface area contributed by atoms with Crippen LogP contribution in [0.3, 0.4) is 0 Å². The zero-order chi connectivity index (χ0) is 18.2. The monoisotopic (exact) mass is 376 g/mol. The molecular formula is C14H9ClF4N4O2. The van der Waals surface area contributed by atoms with Crippen molar-refractivity contribution in [3.05, 3.63) is 40.9 Å². The number of ether oxygens (including phenoxy) is 2. The number of nitrogens with zero attached hydrogens (tertiary/aromatic N) is 4. The van der Waals surface area contributed by atoms with Gasteiger partial charge in [-0.05, 0) is 12.1 Å². The zero-order valence-electron chi connectivity index (χ0n) is 12.5. The summed E-state index contributed by atoms with van der Waals surface area (Å²) < 4.78 is 64.1. The van der Waals surface area contributed by atoms with E-state index < -0.39 is 30.1 Å². The van der Waals surface area contributed by atoms with E-state index in [0.29, 0.717) is 11.5 Å². The summed E-state index contributed by atoms with van der Waals surface area (Å²) >= 11 is 5.72. The van der Waals surface area contributed by atoms with Crippen LogP contribution in [0.1, 0.15) is 5.56 Å². The molecule has 0 aliphatic carbocycles. The van der Waals surface area contributed by atoms with E-state index in [1.165, 1.54) is 19.4 Å². The Balaban J connectivity index is 2.20. The van der Waals surface area contributed by atoms with Gasteiger partial charge in [-0.3, -0.25) is 0 Å². The number of alkyl halides is 3. The number of methoxy groups -OCH3 is 1. The topological polar surface area (TPSA) is 62.1 Å². The van der Waals surface area contributed by atoms with Crippen molar-refractivity contribution in [2.24, 2.45) is 0 Å². The fourth-order valence-corrected chi connectivity index (χ4v) is 2.29. The lowest BCUT2D eigenvalue weighted by atomic mass is 10.1. The normalized spacial score (nSPS) is 11.9. The van der Waals surface area contributed by atoms with Crippen LogP contribution in [0.15, 0.2) is 24.4 Å². The van der Waals surface area contributed by atoms with E-state index in [2.05, 4.69) is 20.0 Å². The van der Waals surface area contributed by atoms with Crippen molar-refractivity contribution in [1.29, 1.82) is 0 Å². The average molecular weight is 377 g/mol. The Hall–Kier alpha value is -2.46. The lowest BCUT2D eigenvalue weighted by Gasteiger charge is -2.14. The highest BCUT2D eigenvalue weighted by Crippen LogP contribution is 2.37. The van der Waals surface area contributed by atoms with Gasteiger partial charge in [0.2, 0.25) is 0 Å². The van der Waals surface area contributed by atoms with Gasteiger partial charge in [0.25, 0.3) is 0 Å². The summed E-state index contributed by atoms with van der Waals surface area (Å²) in [6, 6.07) is 3.12. The largest absolute Gasteiger partial charge is 0.464 e. The van der Waals surface area contributed by atoms with Gasteiger partial charge in [0.15, 0.2) is 29.2 Å². The van der Waals surface area contributed by atoms with Crippen LogP contribution in [-0.2, 0) is 10.9 Å². The van der Waals surface area contributed by atoms with Crippen LogP contribution >= 0.6 is 11.6 Å². The van der Waals surface area contributed by atoms with Crippen LogP contribution in [0.5, 0.6) is 5.75 Å². The molecule has 0 N–H and O–H groups in total. The first-order chi connectivity index (χ1) is 11.8. The van der Waals surface area contributed by atoms with Crippen LogP contribution in [-0.4, -0.2) is 33.9 Å². The SMILES string of the molecule is COCOc1cc(-n2ncc3cc(Cl)nnc32)cc(C(F)(F)F)c1F. The first-order valence-electron chi connectivity index (χ1n) is 6.71. The summed E-state index contributed by atoms with van der Waals surface area (Å²) in [5.74, 6) is -2.17. The second-order valence-electron chi connectivity index (χ2n) is 4.86. The standard InChI is InChI=1S/C14H9ClF4N4O2/c1-24-6-25-10-4-8(3-9(12(10)16)14(17,18)19)23-13-7(5-20-23)2-11(15)21-22-13/h2-5H,6H2,1H3. The van der Waals surface area contributed by atoms with E-state index >= 15 is 0 Å². The predicted molar refractivity (Wildman–Crippen MR) is 79.1 cm³/mol. The fourth-order valence-electron chi connectivity index (χ4n) is 2.14. The van der Waals surface area contributed by atoms with Crippen LogP contribution in [0.2, 0.25) is 5.15 Å². The molecule has 132 valence electrons. The Morgan fingerprint density at radius 3 is 2.64 bits per heavy atom. The maximum Gasteiger partial charge on any atom is 0.419 e. The minimum atomic E-state index is -4.93. The molecular weight excluding hydrogens is 368 g/mol. The van der Waals surface area contributed by atoms with Gasteiger partial charge in [0, 0.05) is 18.6 Å². The number of fused-ring (bicyclic) bond motifs is 1. The molecule has 0 unspecified atom stereocenters. The first kappa shape index (κ1) is 17.4. The number of benzene rings is 1. The molecule has 0 amide bonds. The van der Waals surface area contributed by atoms with Crippen molar-refractivity contribution in [3.63, 3.8) is 0 Å². The summed E-state index contributed by atoms with van der Waals surface area (Å²) in [6.45, 7) is -0.424. The van der Waals surface area contributed by atoms with Crippen LogP contribution in [0, 0.1) is 5.82 Å². The lowest BCUT2D eigenvalue weighted by molar-refractivity contribution is -0.140. The van der Waals surface area contributed by atoms with E-state index in [-0.39, 0.29) is 16.5 Å². The molecule has 0 spiro atoms. The summed E-state index contributed by atoms with van der Waals surface area (Å²) in [6.07, 6.45) is -3.58. The average Bonchev–Trinajstić information content (AvgIpc) is 2.95. The molecule has 0 aliphatic rings. The van der Waals surface area contributed by atoms with Crippen molar-refractivity contribution in [1.82, 2.24) is 20.0 Å². The highest BCUT2D eigenvalue weighted by atomic mass is 35.5. The Morgan fingerprint density at radius 1 is 1.20 bits per heavy atom. The van der Waals surface area contributed by atoms with E-state index in [1.54, 1.807) is 0 Å². The molecule has 0 bridgehead atoms. The Morgan fingerprint density at radius 2 is 1.96 bits per heavy atom. The van der Waals surface area contributed by atoms with Gasteiger partial charge in [0.05, 0.1) is 17.4 Å². The summed E-state index contributed by atoms with van der Waals surface area (Å²) in [7, 11) is 1.26. The molecule has 3 aromatic rings. The Labute approximate surface area is 142 Å². The third kappa shape index (κ3) is 3.35. The maximum absolute atomic E-state index is 14.1. The smallest absolute Gasteiger partial charge is 0.419 e. The molecule has 1 aromatic carbocycles. The van der Waals surface area contributed by atoms with Gasteiger partial charge in [0.1, 0.15) is 0 Å². The third-order valence-corrected chi connectivity index (χ3v) is 3.38. The number of aromatic nitrogens is 4. The molecule has 2 heterocycles. The number of hydrogen-bond acceptors (Lipinski definition) is 5. The molecule has 6 nitrogen and oxygen atoms in total. The van der Waals surface area contributed by atoms with Gasteiger partial charge in [-0.2, -0.15) is 18.3 Å². The van der Waals surface area contributed by atoms with Crippen molar-refractivity contribution < 1.29 is 27.0 Å². The maximum atomic E-state index is 14.1. The highest BCUT2D eigenvalue weighted by molar-refractivity contribution is 6.29. The van der Waals surface area contributed by atoms with Gasteiger partial charge in [-0.25, -0.2) is 9.07 Å². The summed E-state index contributed by atoms with van der Waals surface area (Å²) in [4.78, 5) is 0. The highest BCUT2D eigenvalue weighted by Gasteiger charge is 2.36. The molecule has 0 radical (unpaired) electrons. The van der Waals surface area contributed by atoms with Gasteiger partial charge in [-0.1, -0.05) is 11.6 Å². The van der Waals surface area contributed by atoms with Gasteiger partial charge in [-0.15, -0.1) is 10.2 Å². The van der Waals surface area contributed by atoms with Crippen LogP contribution in [0.25, 0.3) is 16.7 Å². The predicted octanol–water partition coefficient (Wildman–Crippen LogP) is 3.61. The zero-order valence-corrected chi connectivity index (χ0v) is 13.3. The van der Waals surface area contributed by atoms with E-state index in [1.807, 2.05) is 0 Å². The molecule has 11 heteroatoms. The fraction of sp³-hybridized carbons (Fsp3) is 0.214. The van der Waals surface area contributed by atoms with Gasteiger partial charge < -0.3 is 9.47 Å². The second kappa shape index (κ2) is 6.45. The number of hydrogen-bond donors (Lipinski definition) is 0. The van der Waals surface area contributed by atoms with E-state index in [0.717, 1.165) is 10.7 Å². The lowest BCUT2D eigenvalue weighted by Crippen LogP contribution is -2.12. The molecule has 0 atom stereocenters. The quantitative estimate of drug-likeness (QED) is 0.514. The molecule has 3 rings (SSSR count). The molecule has 25 heavy (non-hydrogen) atoms. The van der Waals surface area contributed by atoms with E-state index in [4.69, 9.17) is 16.3 Å². The molecule has 0 fully saturated rings. The van der Waals surface area contributed by atoms with Gasteiger partial charge >= 0.3 is 6.18 Å². The van der Waals surface area contributed by atoms with Crippen LogP contribution < -0.4 is 4.74 Å². The summed E-state index contributed by atoms with van der Waals surface area (Å²) in [5, 5.41) is 12.0. The number of halogens is 5. The van der Waals surface area contributed by atoms with E-state index in [9.17, 15) is 17.6 Å². The molecule has 2 aromatic heterocycles. The van der Waals surface area contributed by atoms with Crippen molar-refractivity contribution in [2.45, 2.75) is 6.18 Å². The Kier molecular flexibility index (Phi) is 4.48. The molecule has 0 saturated carbocycles. The first-order valence-corrected chi connectivity index (χ1v) is 7.09. The minimum absolute atomic E-state index is 0.103. The Bertz CT molecular complexity index is 929. The second-order valence-corrected chi connectivity index (χ2v) is 5.24. The third-order valence-electron chi connectivity index (χ3n) is 3.19. The van der Waals surface area contributed by atoms with Crippen molar-refractivity contribution in [2.75, 3.05) is 13.9 Å². The van der Waals surface area contributed by atoms with Crippen molar-refractivity contribution >= 4 is 22.6 Å².